The first-order chi connectivity index (χ1) is 15.1. The molecule has 32 heavy (non-hydrogen) atoms. The number of hydrogen-bond donors (Lipinski definition) is 2. The molecule has 0 fully saturated rings. The highest BCUT2D eigenvalue weighted by Gasteiger charge is 2.21. The van der Waals surface area contributed by atoms with Crippen LogP contribution in [0.3, 0.4) is 0 Å². The second kappa shape index (κ2) is 9.50. The van der Waals surface area contributed by atoms with Crippen LogP contribution in [-0.4, -0.2) is 11.9 Å². The topological polar surface area (TPSA) is 67.4 Å². The molecule has 0 unspecified atom stereocenters. The van der Waals surface area contributed by atoms with Crippen molar-refractivity contribution >= 4 is 40.8 Å². The maximum absolute atomic E-state index is 13.7. The van der Waals surface area contributed by atoms with E-state index in [4.69, 9.17) is 27.9 Å². The fourth-order valence-corrected chi connectivity index (χ4v) is 3.30. The maximum Gasteiger partial charge on any atom is 0.326 e. The van der Waals surface area contributed by atoms with Gasteiger partial charge in [0.15, 0.2) is 0 Å². The molecule has 0 atom stereocenters. The van der Waals surface area contributed by atoms with Crippen LogP contribution in [0, 0.1) is 31.3 Å². The van der Waals surface area contributed by atoms with Crippen LogP contribution < -0.4 is 15.4 Å². The zero-order valence-corrected chi connectivity index (χ0v) is 18.2. The van der Waals surface area contributed by atoms with Crippen molar-refractivity contribution in [3.63, 3.8) is 0 Å². The molecular weight excluding hydrogens is 468 g/mol. The van der Waals surface area contributed by atoms with Crippen molar-refractivity contribution in [3.05, 3.63) is 86.7 Å². The van der Waals surface area contributed by atoms with Gasteiger partial charge in [0.1, 0.15) is 34.5 Å². The fraction of sp³-hybridized carbons (Fsp3) is 0.0909. The van der Waals surface area contributed by atoms with E-state index in [-0.39, 0.29) is 27.2 Å². The van der Waals surface area contributed by atoms with Gasteiger partial charge in [-0.2, -0.15) is 0 Å². The highest BCUT2D eigenvalue weighted by atomic mass is 35.5. The van der Waals surface area contributed by atoms with Gasteiger partial charge in [0, 0.05) is 5.69 Å². The Bertz CT molecular complexity index is 1220. The first kappa shape index (κ1) is 23.4. The van der Waals surface area contributed by atoms with Crippen molar-refractivity contribution in [2.75, 3.05) is 5.32 Å². The number of halogens is 5. The molecule has 0 saturated heterocycles. The average Bonchev–Trinajstić information content (AvgIpc) is 2.70. The van der Waals surface area contributed by atoms with Gasteiger partial charge in [0.05, 0.1) is 10.0 Å². The van der Waals surface area contributed by atoms with E-state index < -0.39 is 35.0 Å². The lowest BCUT2D eigenvalue weighted by molar-refractivity contribution is 0.0959. The number of aryl methyl sites for hydroxylation is 1. The van der Waals surface area contributed by atoms with E-state index in [0.29, 0.717) is 11.1 Å². The molecule has 0 radical (unpaired) electrons. The minimum absolute atomic E-state index is 0.0404. The lowest BCUT2D eigenvalue weighted by atomic mass is 10.1. The normalized spacial score (nSPS) is 10.6. The lowest BCUT2D eigenvalue weighted by Gasteiger charge is -2.17. The van der Waals surface area contributed by atoms with Crippen molar-refractivity contribution in [2.24, 2.45) is 0 Å². The van der Waals surface area contributed by atoms with Gasteiger partial charge in [-0.05, 0) is 61.4 Å². The van der Waals surface area contributed by atoms with Gasteiger partial charge in [0.25, 0.3) is 5.91 Å². The van der Waals surface area contributed by atoms with E-state index in [9.17, 15) is 22.8 Å². The van der Waals surface area contributed by atoms with Crippen LogP contribution >= 0.6 is 23.2 Å². The summed E-state index contributed by atoms with van der Waals surface area (Å²) in [6.07, 6.45) is 0. The Morgan fingerprint density at radius 1 is 0.969 bits per heavy atom. The molecule has 0 aliphatic heterocycles. The number of ether oxygens (including phenoxy) is 1. The van der Waals surface area contributed by atoms with E-state index in [1.807, 2.05) is 5.32 Å². The van der Waals surface area contributed by atoms with Crippen molar-refractivity contribution in [1.29, 1.82) is 0 Å². The van der Waals surface area contributed by atoms with Crippen molar-refractivity contribution in [3.8, 4) is 11.5 Å². The molecule has 0 heterocycles. The summed E-state index contributed by atoms with van der Waals surface area (Å²) in [6.45, 7) is 3.22. The quantitative estimate of drug-likeness (QED) is 0.430. The average molecular weight is 483 g/mol. The summed E-state index contributed by atoms with van der Waals surface area (Å²) in [4.78, 5) is 24.3. The predicted molar refractivity (Wildman–Crippen MR) is 115 cm³/mol. The van der Waals surface area contributed by atoms with E-state index in [0.717, 1.165) is 24.3 Å². The summed E-state index contributed by atoms with van der Waals surface area (Å²) in [5, 5.41) is 4.45. The summed E-state index contributed by atoms with van der Waals surface area (Å²) < 4.78 is 46.4. The van der Waals surface area contributed by atoms with Crippen LogP contribution in [0.15, 0.2) is 42.5 Å². The number of imide groups is 1. The lowest BCUT2D eigenvalue weighted by Crippen LogP contribution is -2.35. The van der Waals surface area contributed by atoms with Crippen molar-refractivity contribution in [1.82, 2.24) is 5.32 Å². The minimum Gasteiger partial charge on any atom is -0.454 e. The standard InChI is InChI=1S/C22H15Cl2F3N2O3/c1-10-8-16(28-22(31)29-21(30)18-14(26)4-3-5-15(18)27)11(2)19(24)20(10)32-17-7-6-12(25)9-13(17)23/h3-9H,1-2H3,(H2,28,29,30,31). The second-order valence-corrected chi connectivity index (χ2v) is 7.48. The summed E-state index contributed by atoms with van der Waals surface area (Å²) in [7, 11) is 0. The summed E-state index contributed by atoms with van der Waals surface area (Å²) in [6, 6.07) is 6.99. The Morgan fingerprint density at radius 3 is 2.25 bits per heavy atom. The first-order valence-electron chi connectivity index (χ1n) is 9.07. The number of benzene rings is 3. The van der Waals surface area contributed by atoms with Crippen LogP contribution in [0.4, 0.5) is 23.7 Å². The van der Waals surface area contributed by atoms with Crippen LogP contribution in [-0.2, 0) is 0 Å². The largest absolute Gasteiger partial charge is 0.454 e. The first-order valence-corrected chi connectivity index (χ1v) is 9.83. The van der Waals surface area contributed by atoms with Crippen LogP contribution in [0.25, 0.3) is 0 Å². The molecule has 3 aromatic carbocycles. The number of anilines is 1. The zero-order valence-electron chi connectivity index (χ0n) is 16.7. The van der Waals surface area contributed by atoms with Gasteiger partial charge in [-0.15, -0.1) is 0 Å². The van der Waals surface area contributed by atoms with Gasteiger partial charge in [0.2, 0.25) is 0 Å². The van der Waals surface area contributed by atoms with Crippen LogP contribution in [0.1, 0.15) is 21.5 Å². The molecule has 0 aromatic heterocycles. The summed E-state index contributed by atoms with van der Waals surface area (Å²) in [5.74, 6) is -3.58. The smallest absolute Gasteiger partial charge is 0.326 e. The Labute approximate surface area is 191 Å². The molecule has 10 heteroatoms. The molecule has 0 bridgehead atoms. The fourth-order valence-electron chi connectivity index (χ4n) is 2.81. The molecule has 5 nitrogen and oxygen atoms in total. The third-order valence-corrected chi connectivity index (χ3v) is 5.17. The number of urea groups is 1. The number of rotatable bonds is 4. The van der Waals surface area contributed by atoms with Crippen LogP contribution in [0.2, 0.25) is 10.0 Å². The monoisotopic (exact) mass is 482 g/mol. The highest BCUT2D eigenvalue weighted by Crippen LogP contribution is 2.40. The molecular formula is C22H15Cl2F3N2O3. The predicted octanol–water partition coefficient (Wildman–Crippen LogP) is 6.78. The summed E-state index contributed by atoms with van der Waals surface area (Å²) >= 11 is 12.4. The molecule has 0 saturated carbocycles. The van der Waals surface area contributed by atoms with Crippen molar-refractivity contribution < 1.29 is 27.5 Å². The zero-order chi connectivity index (χ0) is 23.6. The number of nitrogens with one attached hydrogen (secondary N) is 2. The highest BCUT2D eigenvalue weighted by molar-refractivity contribution is 6.34. The van der Waals surface area contributed by atoms with Gasteiger partial charge >= 0.3 is 6.03 Å². The molecule has 3 amide bonds. The Morgan fingerprint density at radius 2 is 1.62 bits per heavy atom. The maximum atomic E-state index is 13.7. The molecule has 0 spiro atoms. The molecule has 0 aliphatic rings. The number of hydrogen-bond acceptors (Lipinski definition) is 3. The van der Waals surface area contributed by atoms with E-state index >= 15 is 0 Å². The minimum atomic E-state index is -1.25. The number of carbonyl (C=O) groups is 2. The van der Waals surface area contributed by atoms with Crippen molar-refractivity contribution in [2.45, 2.75) is 13.8 Å². The molecule has 3 aromatic rings. The third kappa shape index (κ3) is 4.98. The Balaban J connectivity index is 1.80. The molecule has 166 valence electrons. The molecule has 2 N–H and O–H groups in total. The molecule has 0 aliphatic carbocycles. The third-order valence-electron chi connectivity index (χ3n) is 4.42. The Hall–Kier alpha value is -3.23. The SMILES string of the molecule is Cc1cc(NC(=O)NC(=O)c2c(F)cccc2F)c(C)c(Cl)c1Oc1ccc(F)cc1Cl. The van der Waals surface area contributed by atoms with E-state index in [2.05, 4.69) is 5.32 Å². The number of amides is 3. The number of carbonyl (C=O) groups excluding carboxylic acids is 2. The van der Waals surface area contributed by atoms with E-state index in [1.54, 1.807) is 13.8 Å². The van der Waals surface area contributed by atoms with Gasteiger partial charge < -0.3 is 10.1 Å². The molecule has 3 rings (SSSR count). The van der Waals surface area contributed by atoms with E-state index in [1.165, 1.54) is 18.2 Å². The van der Waals surface area contributed by atoms with Gasteiger partial charge in [-0.3, -0.25) is 10.1 Å². The summed E-state index contributed by atoms with van der Waals surface area (Å²) in [5.41, 5.74) is 0.214. The van der Waals surface area contributed by atoms with Gasteiger partial charge in [-0.25, -0.2) is 18.0 Å². The van der Waals surface area contributed by atoms with Crippen LogP contribution in [0.5, 0.6) is 11.5 Å². The van der Waals surface area contributed by atoms with Gasteiger partial charge in [-0.1, -0.05) is 29.3 Å². The second-order valence-electron chi connectivity index (χ2n) is 6.69. The Kier molecular flexibility index (Phi) is 6.96.